The zero-order chi connectivity index (χ0) is 31.8. The first-order valence-electron chi connectivity index (χ1n) is 14.9. The molecule has 7 rings (SSSR count). The van der Waals surface area contributed by atoms with E-state index in [0.29, 0.717) is 11.7 Å². The molecule has 12 heteroatoms. The number of rotatable bonds is 8. The molecule has 0 aliphatic carbocycles. The molecule has 2 aliphatic rings. The molecule has 0 bridgehead atoms. The van der Waals surface area contributed by atoms with Gasteiger partial charge in [0.15, 0.2) is 5.13 Å². The summed E-state index contributed by atoms with van der Waals surface area (Å²) < 4.78 is 6.43. The van der Waals surface area contributed by atoms with Crippen molar-refractivity contribution in [3.05, 3.63) is 95.7 Å². The molecule has 3 aromatic carbocycles. The van der Waals surface area contributed by atoms with E-state index in [1.807, 2.05) is 72.8 Å². The van der Waals surface area contributed by atoms with Crippen LogP contribution in [0, 0.1) is 12.3 Å². The smallest absolute Gasteiger partial charge is 0.333 e. The molecule has 4 heterocycles. The monoisotopic (exact) mass is 633 g/mol. The normalized spacial score (nSPS) is 18.2. The number of hydrogen-bond donors (Lipinski definition) is 2. The number of hydrazine groups is 1. The van der Waals surface area contributed by atoms with Crippen molar-refractivity contribution in [1.29, 1.82) is 0 Å². The maximum atomic E-state index is 14.3. The van der Waals surface area contributed by atoms with Gasteiger partial charge in [0.1, 0.15) is 17.8 Å². The van der Waals surface area contributed by atoms with Crippen molar-refractivity contribution in [2.24, 2.45) is 0 Å². The third-order valence-corrected chi connectivity index (χ3v) is 9.31. The summed E-state index contributed by atoms with van der Waals surface area (Å²) in [5.41, 5.74) is 10.2. The average Bonchev–Trinajstić information content (AvgIpc) is 3.77. The molecule has 3 N–H and O–H groups in total. The number of nitrogen functional groups attached to an aromatic ring is 1. The van der Waals surface area contributed by atoms with Gasteiger partial charge >= 0.3 is 6.03 Å². The van der Waals surface area contributed by atoms with Crippen LogP contribution in [-0.4, -0.2) is 74.5 Å². The van der Waals surface area contributed by atoms with Crippen LogP contribution in [0.15, 0.2) is 83.5 Å². The summed E-state index contributed by atoms with van der Waals surface area (Å²) in [5.74, 6) is 2.13. The van der Waals surface area contributed by atoms with Crippen molar-refractivity contribution < 1.29 is 18.8 Å². The molecule has 0 radical (unpaired) electrons. The van der Waals surface area contributed by atoms with E-state index in [0.717, 1.165) is 37.9 Å². The number of anilines is 1. The Morgan fingerprint density at radius 2 is 1.96 bits per heavy atom. The first-order chi connectivity index (χ1) is 22.4. The third-order valence-electron chi connectivity index (χ3n) is 8.46. The second kappa shape index (κ2) is 12.2. The Hall–Kier alpha value is -5.38. The molecule has 2 saturated heterocycles. The molecule has 2 aromatic heterocycles. The highest BCUT2D eigenvalue weighted by Gasteiger charge is 2.52. The SMILES string of the molecule is C#CCN(C(=O)NCc1ccccc1)N1CC(=O)N2[C@@H](Cc3ccc4occc4c3)C(=O)N(Cc3cccc4sc(N)nc34)C[C@@H]21. The van der Waals surface area contributed by atoms with Crippen LogP contribution < -0.4 is 11.1 Å². The lowest BCUT2D eigenvalue weighted by Crippen LogP contribution is -2.66. The number of terminal acetylenes is 1. The fraction of sp³-hybridized carbons (Fsp3) is 0.235. The van der Waals surface area contributed by atoms with E-state index in [-0.39, 0.29) is 44.4 Å². The van der Waals surface area contributed by atoms with Gasteiger partial charge in [-0.1, -0.05) is 65.8 Å². The third kappa shape index (κ3) is 5.51. The van der Waals surface area contributed by atoms with Gasteiger partial charge in [-0.3, -0.25) is 9.59 Å². The van der Waals surface area contributed by atoms with Crippen molar-refractivity contribution in [2.75, 3.05) is 25.4 Å². The first-order valence-corrected chi connectivity index (χ1v) is 15.7. The fourth-order valence-electron chi connectivity index (χ4n) is 6.34. The van der Waals surface area contributed by atoms with E-state index < -0.39 is 18.2 Å². The summed E-state index contributed by atoms with van der Waals surface area (Å²) in [7, 11) is 0. The highest BCUT2D eigenvalue weighted by atomic mass is 32.1. The Morgan fingerprint density at radius 3 is 2.78 bits per heavy atom. The second-order valence-electron chi connectivity index (χ2n) is 11.3. The van der Waals surface area contributed by atoms with Crippen LogP contribution in [0.2, 0.25) is 0 Å². The van der Waals surface area contributed by atoms with Crippen LogP contribution in [0.5, 0.6) is 0 Å². The van der Waals surface area contributed by atoms with E-state index in [1.165, 1.54) is 16.3 Å². The number of carbonyl (C=O) groups is 3. The van der Waals surface area contributed by atoms with Gasteiger partial charge in [0.25, 0.3) is 0 Å². The van der Waals surface area contributed by atoms with Gasteiger partial charge in [-0.2, -0.15) is 5.01 Å². The molecule has 2 atom stereocenters. The molecular weight excluding hydrogens is 602 g/mol. The molecule has 2 fully saturated rings. The quantitative estimate of drug-likeness (QED) is 0.249. The maximum absolute atomic E-state index is 14.3. The predicted octanol–water partition coefficient (Wildman–Crippen LogP) is 3.81. The van der Waals surface area contributed by atoms with Crippen molar-refractivity contribution in [3.8, 4) is 12.3 Å². The van der Waals surface area contributed by atoms with E-state index in [2.05, 4.69) is 16.2 Å². The summed E-state index contributed by atoms with van der Waals surface area (Å²) in [5, 5.41) is 7.38. The van der Waals surface area contributed by atoms with Crippen molar-refractivity contribution in [2.45, 2.75) is 31.7 Å². The zero-order valence-corrected chi connectivity index (χ0v) is 25.7. The average molecular weight is 634 g/mol. The molecule has 5 aromatic rings. The lowest BCUT2D eigenvalue weighted by atomic mass is 9.99. The number of hydrogen-bond acceptors (Lipinski definition) is 8. The first kappa shape index (κ1) is 29.3. The number of aromatic nitrogens is 1. The molecule has 46 heavy (non-hydrogen) atoms. The molecule has 0 unspecified atom stereocenters. The van der Waals surface area contributed by atoms with E-state index in [1.54, 1.807) is 21.1 Å². The largest absolute Gasteiger partial charge is 0.464 e. The molecule has 0 spiro atoms. The number of piperazine rings is 1. The Kier molecular flexibility index (Phi) is 7.78. The molecule has 4 amide bonds. The van der Waals surface area contributed by atoms with E-state index in [4.69, 9.17) is 16.6 Å². The van der Waals surface area contributed by atoms with Gasteiger partial charge < -0.3 is 25.3 Å². The zero-order valence-electron chi connectivity index (χ0n) is 24.8. The van der Waals surface area contributed by atoms with Gasteiger partial charge in [-0.05, 0) is 41.0 Å². The number of urea groups is 1. The second-order valence-corrected chi connectivity index (χ2v) is 12.4. The van der Waals surface area contributed by atoms with Gasteiger partial charge in [-0.15, -0.1) is 6.42 Å². The number of para-hydroxylation sites is 1. The Balaban J connectivity index is 1.22. The number of carbonyl (C=O) groups excluding carboxylic acids is 3. The van der Waals surface area contributed by atoms with Crippen molar-refractivity contribution in [3.63, 3.8) is 0 Å². The topological polar surface area (TPSA) is 128 Å². The highest BCUT2D eigenvalue weighted by molar-refractivity contribution is 7.22. The number of furan rings is 1. The number of benzene rings is 3. The summed E-state index contributed by atoms with van der Waals surface area (Å²) >= 11 is 1.39. The molecule has 0 saturated carbocycles. The molecule has 2 aliphatic heterocycles. The number of fused-ring (bicyclic) bond motifs is 3. The minimum absolute atomic E-state index is 0.0502. The van der Waals surface area contributed by atoms with Crippen LogP contribution >= 0.6 is 11.3 Å². The van der Waals surface area contributed by atoms with Crippen molar-refractivity contribution in [1.82, 2.24) is 30.1 Å². The summed E-state index contributed by atoms with van der Waals surface area (Å²) in [4.78, 5) is 49.5. The van der Waals surface area contributed by atoms with Crippen LogP contribution in [0.3, 0.4) is 0 Å². The lowest BCUT2D eigenvalue weighted by Gasteiger charge is -2.46. The lowest BCUT2D eigenvalue weighted by molar-refractivity contribution is -0.157. The van der Waals surface area contributed by atoms with E-state index >= 15 is 0 Å². The molecular formula is C34H31N7O4S. The minimum atomic E-state index is -0.805. The van der Waals surface area contributed by atoms with Gasteiger partial charge in [0, 0.05) is 24.9 Å². The predicted molar refractivity (Wildman–Crippen MR) is 175 cm³/mol. The summed E-state index contributed by atoms with van der Waals surface area (Å²) in [6.45, 7) is 0.581. The van der Waals surface area contributed by atoms with Gasteiger partial charge in [0.05, 0.1) is 36.1 Å². The molecule has 11 nitrogen and oxygen atoms in total. The maximum Gasteiger partial charge on any atom is 0.333 e. The Morgan fingerprint density at radius 1 is 1.11 bits per heavy atom. The number of thiazole rings is 1. The van der Waals surface area contributed by atoms with Crippen LogP contribution in [-0.2, 0) is 29.1 Å². The van der Waals surface area contributed by atoms with Crippen LogP contribution in [0.1, 0.15) is 16.7 Å². The standard InChI is InChI=1S/C34H31N7O4S/c1-2-14-39(34(44)36-18-22-7-4-3-5-8-22)40-21-30(42)41-26(17-23-11-12-27-24(16-23)13-15-45-27)32(43)38(20-29(40)41)19-25-9-6-10-28-31(25)37-33(35)46-28/h1,3-13,15-16,26,29H,14,17-21H2,(H2,35,37)(H,36,44)/t26-,29+/m0/s1. The Bertz CT molecular complexity index is 1980. The van der Waals surface area contributed by atoms with Crippen LogP contribution in [0.4, 0.5) is 9.93 Å². The number of amides is 4. The number of nitrogens with zero attached hydrogens (tertiary/aromatic N) is 5. The van der Waals surface area contributed by atoms with Gasteiger partial charge in [0.2, 0.25) is 11.8 Å². The fourth-order valence-corrected chi connectivity index (χ4v) is 7.13. The van der Waals surface area contributed by atoms with E-state index in [9.17, 15) is 14.4 Å². The van der Waals surface area contributed by atoms with Gasteiger partial charge in [-0.25, -0.2) is 14.8 Å². The van der Waals surface area contributed by atoms with Crippen molar-refractivity contribution >= 4 is 55.5 Å². The summed E-state index contributed by atoms with van der Waals surface area (Å²) in [6, 6.07) is 21.7. The highest BCUT2D eigenvalue weighted by Crippen LogP contribution is 2.33. The molecule has 232 valence electrons. The van der Waals surface area contributed by atoms with Crippen LogP contribution in [0.25, 0.3) is 21.2 Å². The summed E-state index contributed by atoms with van der Waals surface area (Å²) in [6.07, 6.45) is 7.02. The minimum Gasteiger partial charge on any atom is -0.464 e. The number of nitrogens with one attached hydrogen (secondary N) is 1. The Labute approximate surface area is 269 Å². The number of nitrogens with two attached hydrogens (primary N) is 1.